The van der Waals surface area contributed by atoms with Crippen molar-refractivity contribution in [1.82, 2.24) is 34.1 Å². The second kappa shape index (κ2) is 15.9. The molecule has 3 aromatic heterocycles. The minimum Gasteiger partial charge on any atom is -0.465 e. The molecule has 0 fully saturated rings. The molecule has 16 nitrogen and oxygen atoms in total. The highest BCUT2D eigenvalue weighted by molar-refractivity contribution is 7.91. The average molecular weight is 745 g/mol. The van der Waals surface area contributed by atoms with Gasteiger partial charge in [-0.15, -0.1) is 11.3 Å². The van der Waals surface area contributed by atoms with Gasteiger partial charge in [-0.05, 0) is 30.2 Å². The van der Waals surface area contributed by atoms with Crippen LogP contribution in [0.3, 0.4) is 0 Å². The normalized spacial score (nSPS) is 11.5. The summed E-state index contributed by atoms with van der Waals surface area (Å²) in [6.45, 7) is 0.476. The molecule has 0 aliphatic heterocycles. The number of esters is 1. The van der Waals surface area contributed by atoms with E-state index in [9.17, 15) is 27.6 Å². The molecular weight excluding hydrogens is 713 g/mol. The van der Waals surface area contributed by atoms with Crippen molar-refractivity contribution in [3.8, 4) is 0 Å². The summed E-state index contributed by atoms with van der Waals surface area (Å²) in [7, 11) is -4.07. The Morgan fingerprint density at radius 2 is 1.60 bits per heavy atom. The summed E-state index contributed by atoms with van der Waals surface area (Å²) in [5.41, 5.74) is 0.950. The third-order valence-corrected chi connectivity index (χ3v) is 10.4. The second-order valence-electron chi connectivity index (χ2n) is 11.1. The van der Waals surface area contributed by atoms with Crippen LogP contribution in [0.5, 0.6) is 0 Å². The molecule has 0 saturated heterocycles. The summed E-state index contributed by atoms with van der Waals surface area (Å²) >= 11 is 0.997. The van der Waals surface area contributed by atoms with Crippen molar-refractivity contribution in [2.75, 3.05) is 25.0 Å². The largest absolute Gasteiger partial charge is 0.465 e. The Bertz CT molecular complexity index is 2320. The molecule has 268 valence electrons. The van der Waals surface area contributed by atoms with Crippen LogP contribution in [-0.4, -0.2) is 70.2 Å². The van der Waals surface area contributed by atoms with Gasteiger partial charge < -0.3 is 19.4 Å². The standard InChI is InChI=1S/C34H32N8O8S2/c1-2-49-27(44)19-35-26(43)20-41-21-36-28-30(41)39-32(40-33(46)50-29(22-11-5-3-6-12-22)23-13-7-4-8-14-23)42(31(28)45)18-17-37-52(47,48)34-38-24-15-9-10-16-25(24)51-34/h3-16,21,29,37H,2,17-20H2,1H3,(H,35,43)(H,39,40,46). The van der Waals surface area contributed by atoms with Crippen LogP contribution in [0.25, 0.3) is 21.4 Å². The van der Waals surface area contributed by atoms with Crippen molar-refractivity contribution in [3.05, 3.63) is 113 Å². The van der Waals surface area contributed by atoms with E-state index < -0.39 is 39.7 Å². The number of hydrogen-bond donors (Lipinski definition) is 3. The summed E-state index contributed by atoms with van der Waals surface area (Å²) in [6.07, 6.45) is -0.585. The molecule has 2 amide bonds. The number of imidazole rings is 1. The molecule has 3 N–H and O–H groups in total. The third-order valence-electron chi connectivity index (χ3n) is 7.55. The number of thiazole rings is 1. The SMILES string of the molecule is CCOC(=O)CNC(=O)Cn1cnc2c(=O)n(CCNS(=O)(=O)c3nc4ccccc4s3)c(NC(=O)OC(c3ccccc3)c3ccccc3)nc21. The highest BCUT2D eigenvalue weighted by Crippen LogP contribution is 2.27. The fourth-order valence-corrected chi connectivity index (χ4v) is 7.46. The maximum Gasteiger partial charge on any atom is 0.414 e. The van der Waals surface area contributed by atoms with E-state index in [2.05, 4.69) is 30.3 Å². The van der Waals surface area contributed by atoms with Crippen molar-refractivity contribution in [1.29, 1.82) is 0 Å². The number of ether oxygens (including phenoxy) is 2. The van der Waals surface area contributed by atoms with E-state index in [1.165, 1.54) is 10.9 Å². The number of nitrogens with one attached hydrogen (secondary N) is 3. The lowest BCUT2D eigenvalue weighted by Crippen LogP contribution is -2.34. The zero-order valence-corrected chi connectivity index (χ0v) is 29.2. The molecule has 0 atom stereocenters. The van der Waals surface area contributed by atoms with Gasteiger partial charge in [0.05, 0.1) is 23.2 Å². The average Bonchev–Trinajstić information content (AvgIpc) is 3.77. The number of hydrogen-bond acceptors (Lipinski definition) is 12. The van der Waals surface area contributed by atoms with E-state index in [0.717, 1.165) is 15.9 Å². The summed E-state index contributed by atoms with van der Waals surface area (Å²) in [5.74, 6) is -1.51. The zero-order chi connectivity index (χ0) is 36.7. The number of carbonyl (C=O) groups excluding carboxylic acids is 3. The van der Waals surface area contributed by atoms with E-state index in [1.54, 1.807) is 79.7 Å². The summed E-state index contributed by atoms with van der Waals surface area (Å²) < 4.78 is 42.3. The molecule has 6 aromatic rings. The Labute approximate surface area is 300 Å². The first-order valence-electron chi connectivity index (χ1n) is 15.9. The Kier molecular flexibility index (Phi) is 11.0. The van der Waals surface area contributed by atoms with E-state index in [0.29, 0.717) is 21.3 Å². The highest BCUT2D eigenvalue weighted by atomic mass is 32.2. The van der Waals surface area contributed by atoms with Crippen molar-refractivity contribution >= 4 is 66.7 Å². The zero-order valence-electron chi connectivity index (χ0n) is 27.6. The van der Waals surface area contributed by atoms with Crippen LogP contribution in [0.2, 0.25) is 0 Å². The monoisotopic (exact) mass is 744 g/mol. The third kappa shape index (κ3) is 8.31. The van der Waals surface area contributed by atoms with Crippen molar-refractivity contribution in [3.63, 3.8) is 0 Å². The topological polar surface area (TPSA) is 205 Å². The number of sulfonamides is 1. The van der Waals surface area contributed by atoms with E-state index in [4.69, 9.17) is 9.47 Å². The number of anilines is 1. The summed E-state index contributed by atoms with van der Waals surface area (Å²) in [5, 5.41) is 4.96. The lowest BCUT2D eigenvalue weighted by Gasteiger charge is -2.20. The number of rotatable bonds is 14. The van der Waals surface area contributed by atoms with Gasteiger partial charge in [0.25, 0.3) is 15.6 Å². The van der Waals surface area contributed by atoms with Gasteiger partial charge in [0.2, 0.25) is 16.2 Å². The van der Waals surface area contributed by atoms with Crippen LogP contribution >= 0.6 is 11.3 Å². The fourth-order valence-electron chi connectivity index (χ4n) is 5.17. The molecule has 0 aliphatic carbocycles. The van der Waals surface area contributed by atoms with Gasteiger partial charge in [0.15, 0.2) is 17.3 Å². The predicted molar refractivity (Wildman–Crippen MR) is 191 cm³/mol. The molecule has 6 rings (SSSR count). The first-order chi connectivity index (χ1) is 25.1. The van der Waals surface area contributed by atoms with Gasteiger partial charge in [-0.25, -0.2) is 27.9 Å². The molecular formula is C34H32N8O8S2. The Morgan fingerprint density at radius 1 is 0.923 bits per heavy atom. The van der Waals surface area contributed by atoms with Crippen molar-refractivity contribution in [2.45, 2.75) is 30.5 Å². The van der Waals surface area contributed by atoms with Gasteiger partial charge in [-0.2, -0.15) is 4.98 Å². The van der Waals surface area contributed by atoms with Gasteiger partial charge >= 0.3 is 12.1 Å². The predicted octanol–water partition coefficient (Wildman–Crippen LogP) is 3.20. The number of aromatic nitrogens is 5. The molecule has 0 unspecified atom stereocenters. The van der Waals surface area contributed by atoms with Crippen molar-refractivity contribution < 1.29 is 32.3 Å². The number of fused-ring (bicyclic) bond motifs is 2. The lowest BCUT2D eigenvalue weighted by atomic mass is 10.0. The van der Waals surface area contributed by atoms with Crippen molar-refractivity contribution in [2.24, 2.45) is 0 Å². The minimum absolute atomic E-state index is 0.0550. The van der Waals surface area contributed by atoms with Gasteiger partial charge in [0.1, 0.15) is 13.1 Å². The number of nitrogens with zero attached hydrogens (tertiary/aromatic N) is 5. The summed E-state index contributed by atoms with van der Waals surface area (Å²) in [6, 6.07) is 25.1. The van der Waals surface area contributed by atoms with Crippen LogP contribution in [0.1, 0.15) is 24.2 Å². The number of benzene rings is 3. The number of para-hydroxylation sites is 1. The molecule has 0 aliphatic rings. The Morgan fingerprint density at radius 3 is 2.27 bits per heavy atom. The van der Waals surface area contributed by atoms with E-state index in [1.807, 2.05) is 12.1 Å². The Hall–Kier alpha value is -5.98. The number of carbonyl (C=O) groups is 3. The number of amides is 2. The van der Waals surface area contributed by atoms with Crippen LogP contribution in [0, 0.1) is 0 Å². The fraction of sp³-hybridized carbons (Fsp3) is 0.206. The van der Waals surface area contributed by atoms with Crippen LogP contribution in [-0.2, 0) is 42.2 Å². The van der Waals surface area contributed by atoms with Gasteiger partial charge in [-0.3, -0.25) is 24.3 Å². The first kappa shape index (κ1) is 35.8. The molecule has 0 saturated carbocycles. The van der Waals surface area contributed by atoms with Gasteiger partial charge in [0, 0.05) is 13.1 Å². The van der Waals surface area contributed by atoms with E-state index in [-0.39, 0.29) is 54.2 Å². The molecule has 0 bridgehead atoms. The van der Waals surface area contributed by atoms with E-state index >= 15 is 0 Å². The maximum absolute atomic E-state index is 13.8. The molecule has 0 radical (unpaired) electrons. The van der Waals surface area contributed by atoms with Gasteiger partial charge in [-0.1, -0.05) is 72.8 Å². The Balaban J connectivity index is 1.28. The molecule has 0 spiro atoms. The lowest BCUT2D eigenvalue weighted by molar-refractivity contribution is -0.143. The molecule has 3 aromatic carbocycles. The minimum atomic E-state index is -4.07. The van der Waals surface area contributed by atoms with Crippen LogP contribution in [0.15, 0.2) is 100 Å². The molecule has 52 heavy (non-hydrogen) atoms. The smallest absolute Gasteiger partial charge is 0.414 e. The molecule has 18 heteroatoms. The first-order valence-corrected chi connectivity index (χ1v) is 18.2. The molecule has 3 heterocycles. The second-order valence-corrected chi connectivity index (χ2v) is 14.1. The van der Waals surface area contributed by atoms with Crippen LogP contribution in [0.4, 0.5) is 10.7 Å². The highest BCUT2D eigenvalue weighted by Gasteiger charge is 2.24. The summed E-state index contributed by atoms with van der Waals surface area (Å²) in [4.78, 5) is 64.5. The maximum atomic E-state index is 13.8. The van der Waals surface area contributed by atoms with Crippen LogP contribution < -0.4 is 20.9 Å². The quantitative estimate of drug-likeness (QED) is 0.138.